The lowest BCUT2D eigenvalue weighted by atomic mass is 9.95. The molecule has 0 aromatic heterocycles. The Kier molecular flexibility index (Phi) is 6.34. The smallest absolute Gasteiger partial charge is 0.0406 e. The van der Waals surface area contributed by atoms with Gasteiger partial charge in [-0.1, -0.05) is 37.6 Å². The van der Waals surface area contributed by atoms with Gasteiger partial charge in [-0.05, 0) is 62.5 Å². The number of hydrogen-bond acceptors (Lipinski definition) is 2. The van der Waals surface area contributed by atoms with Crippen LogP contribution in [0.5, 0.6) is 0 Å². The summed E-state index contributed by atoms with van der Waals surface area (Å²) in [5, 5.41) is 4.28. The highest BCUT2D eigenvalue weighted by Crippen LogP contribution is 2.27. The first-order valence-electron chi connectivity index (χ1n) is 7.94. The molecular formula is C17H27ClN2. The SMILES string of the molecule is CCC(c1ccc(Cl)cc1)N(CC)CC1CCNCC1. The van der Waals surface area contributed by atoms with E-state index in [-0.39, 0.29) is 0 Å². The highest BCUT2D eigenvalue weighted by Gasteiger charge is 2.22. The van der Waals surface area contributed by atoms with E-state index in [1.165, 1.54) is 38.0 Å². The summed E-state index contributed by atoms with van der Waals surface area (Å²) in [5.41, 5.74) is 1.40. The zero-order valence-electron chi connectivity index (χ0n) is 12.7. The summed E-state index contributed by atoms with van der Waals surface area (Å²) in [7, 11) is 0. The van der Waals surface area contributed by atoms with Crippen molar-refractivity contribution in [2.24, 2.45) is 5.92 Å². The largest absolute Gasteiger partial charge is 0.317 e. The summed E-state index contributed by atoms with van der Waals surface area (Å²) in [6.45, 7) is 9.26. The molecule has 1 N–H and O–H groups in total. The normalized spacial score (nSPS) is 18.4. The number of halogens is 1. The summed E-state index contributed by atoms with van der Waals surface area (Å²) in [6.07, 6.45) is 3.78. The van der Waals surface area contributed by atoms with E-state index in [1.54, 1.807) is 0 Å². The van der Waals surface area contributed by atoms with Crippen LogP contribution in [0.2, 0.25) is 5.02 Å². The molecule has 1 aromatic carbocycles. The van der Waals surface area contributed by atoms with Gasteiger partial charge in [0.1, 0.15) is 0 Å². The monoisotopic (exact) mass is 294 g/mol. The molecule has 0 saturated carbocycles. The van der Waals surface area contributed by atoms with Crippen molar-refractivity contribution in [3.05, 3.63) is 34.9 Å². The van der Waals surface area contributed by atoms with Crippen LogP contribution in [-0.2, 0) is 0 Å². The zero-order chi connectivity index (χ0) is 14.4. The molecule has 1 aliphatic heterocycles. The van der Waals surface area contributed by atoms with Gasteiger partial charge in [0.25, 0.3) is 0 Å². The van der Waals surface area contributed by atoms with Gasteiger partial charge in [0.2, 0.25) is 0 Å². The van der Waals surface area contributed by atoms with E-state index in [9.17, 15) is 0 Å². The number of benzene rings is 1. The van der Waals surface area contributed by atoms with Crippen molar-refractivity contribution in [2.45, 2.75) is 39.2 Å². The maximum absolute atomic E-state index is 6.01. The summed E-state index contributed by atoms with van der Waals surface area (Å²) >= 11 is 6.01. The Bertz CT molecular complexity index is 384. The first kappa shape index (κ1) is 15.8. The Morgan fingerprint density at radius 2 is 1.85 bits per heavy atom. The maximum Gasteiger partial charge on any atom is 0.0406 e. The van der Waals surface area contributed by atoms with Crippen molar-refractivity contribution in [3.63, 3.8) is 0 Å². The first-order valence-corrected chi connectivity index (χ1v) is 8.32. The maximum atomic E-state index is 6.01. The minimum Gasteiger partial charge on any atom is -0.317 e. The van der Waals surface area contributed by atoms with E-state index in [1.807, 2.05) is 12.1 Å². The van der Waals surface area contributed by atoms with E-state index >= 15 is 0 Å². The molecule has 1 atom stereocenters. The molecule has 1 aromatic rings. The quantitative estimate of drug-likeness (QED) is 0.849. The van der Waals surface area contributed by atoms with Crippen LogP contribution >= 0.6 is 11.6 Å². The second kappa shape index (κ2) is 8.02. The van der Waals surface area contributed by atoms with E-state index < -0.39 is 0 Å². The van der Waals surface area contributed by atoms with Crippen LogP contribution in [0.15, 0.2) is 24.3 Å². The molecule has 2 nitrogen and oxygen atoms in total. The first-order chi connectivity index (χ1) is 9.74. The van der Waals surface area contributed by atoms with Crippen molar-refractivity contribution < 1.29 is 0 Å². The van der Waals surface area contributed by atoms with Gasteiger partial charge in [-0.15, -0.1) is 0 Å². The van der Waals surface area contributed by atoms with Gasteiger partial charge in [-0.2, -0.15) is 0 Å². The third-order valence-electron chi connectivity index (χ3n) is 4.44. The number of piperidine rings is 1. The molecule has 1 fully saturated rings. The lowest BCUT2D eigenvalue weighted by molar-refractivity contribution is 0.155. The fourth-order valence-corrected chi connectivity index (χ4v) is 3.39. The van der Waals surface area contributed by atoms with Crippen LogP contribution in [0, 0.1) is 5.92 Å². The minimum absolute atomic E-state index is 0.521. The molecule has 1 aliphatic rings. The second-order valence-electron chi connectivity index (χ2n) is 5.76. The summed E-state index contributed by atoms with van der Waals surface area (Å²) in [5.74, 6) is 0.845. The third kappa shape index (κ3) is 4.21. The molecule has 0 spiro atoms. The van der Waals surface area contributed by atoms with E-state index in [0.717, 1.165) is 23.9 Å². The molecule has 0 bridgehead atoms. The predicted octanol–water partition coefficient (Wildman–Crippen LogP) is 4.11. The lowest BCUT2D eigenvalue weighted by Crippen LogP contribution is -2.38. The molecule has 1 unspecified atom stereocenters. The highest BCUT2D eigenvalue weighted by atomic mass is 35.5. The van der Waals surface area contributed by atoms with E-state index in [0.29, 0.717) is 6.04 Å². The number of nitrogens with zero attached hydrogens (tertiary/aromatic N) is 1. The molecule has 20 heavy (non-hydrogen) atoms. The van der Waals surface area contributed by atoms with Gasteiger partial charge in [0.05, 0.1) is 0 Å². The van der Waals surface area contributed by atoms with Gasteiger partial charge in [-0.3, -0.25) is 4.90 Å². The molecule has 1 saturated heterocycles. The van der Waals surface area contributed by atoms with Crippen LogP contribution in [0.4, 0.5) is 0 Å². The van der Waals surface area contributed by atoms with E-state index in [4.69, 9.17) is 11.6 Å². The number of rotatable bonds is 6. The van der Waals surface area contributed by atoms with Crippen LogP contribution in [-0.4, -0.2) is 31.1 Å². The molecule has 2 rings (SSSR count). The standard InChI is InChI=1S/C17H27ClN2/c1-3-17(15-5-7-16(18)8-6-15)20(4-2)13-14-9-11-19-12-10-14/h5-8,14,17,19H,3-4,9-13H2,1-2H3. The van der Waals surface area contributed by atoms with Crippen molar-refractivity contribution in [3.8, 4) is 0 Å². The fraction of sp³-hybridized carbons (Fsp3) is 0.647. The molecular weight excluding hydrogens is 268 g/mol. The molecule has 0 radical (unpaired) electrons. The van der Waals surface area contributed by atoms with Crippen LogP contribution in [0.1, 0.15) is 44.7 Å². The Labute approximate surface area is 128 Å². The Hall–Kier alpha value is -0.570. The van der Waals surface area contributed by atoms with Crippen LogP contribution in [0.3, 0.4) is 0 Å². The van der Waals surface area contributed by atoms with Gasteiger partial charge < -0.3 is 5.32 Å². The Morgan fingerprint density at radius 1 is 1.20 bits per heavy atom. The van der Waals surface area contributed by atoms with E-state index in [2.05, 4.69) is 36.2 Å². The zero-order valence-corrected chi connectivity index (χ0v) is 13.5. The molecule has 0 amide bonds. The molecule has 3 heteroatoms. The fourth-order valence-electron chi connectivity index (χ4n) is 3.26. The van der Waals surface area contributed by atoms with Gasteiger partial charge in [-0.25, -0.2) is 0 Å². The average molecular weight is 295 g/mol. The third-order valence-corrected chi connectivity index (χ3v) is 4.69. The molecule has 1 heterocycles. The van der Waals surface area contributed by atoms with Crippen molar-refractivity contribution in [1.29, 1.82) is 0 Å². The average Bonchev–Trinajstić information content (AvgIpc) is 2.49. The van der Waals surface area contributed by atoms with Crippen LogP contribution in [0.25, 0.3) is 0 Å². The van der Waals surface area contributed by atoms with Crippen molar-refractivity contribution in [2.75, 3.05) is 26.2 Å². The number of nitrogens with one attached hydrogen (secondary N) is 1. The summed E-state index contributed by atoms with van der Waals surface area (Å²) in [6, 6.07) is 8.91. The van der Waals surface area contributed by atoms with Crippen molar-refractivity contribution in [1.82, 2.24) is 10.2 Å². The second-order valence-corrected chi connectivity index (χ2v) is 6.19. The van der Waals surface area contributed by atoms with Gasteiger partial charge in [0.15, 0.2) is 0 Å². The number of hydrogen-bond donors (Lipinski definition) is 1. The Morgan fingerprint density at radius 3 is 2.40 bits per heavy atom. The minimum atomic E-state index is 0.521. The van der Waals surface area contributed by atoms with Gasteiger partial charge >= 0.3 is 0 Å². The predicted molar refractivity (Wildman–Crippen MR) is 87.3 cm³/mol. The molecule has 0 aliphatic carbocycles. The topological polar surface area (TPSA) is 15.3 Å². The lowest BCUT2D eigenvalue weighted by Gasteiger charge is -2.35. The van der Waals surface area contributed by atoms with Crippen molar-refractivity contribution >= 4 is 11.6 Å². The summed E-state index contributed by atoms with van der Waals surface area (Å²) in [4.78, 5) is 2.64. The Balaban J connectivity index is 2.04. The highest BCUT2D eigenvalue weighted by molar-refractivity contribution is 6.30. The van der Waals surface area contributed by atoms with Crippen LogP contribution < -0.4 is 5.32 Å². The summed E-state index contributed by atoms with van der Waals surface area (Å²) < 4.78 is 0. The van der Waals surface area contributed by atoms with Gasteiger partial charge in [0, 0.05) is 17.6 Å². The molecule has 112 valence electrons.